The highest BCUT2D eigenvalue weighted by Crippen LogP contribution is 1.60. The molecule has 0 aliphatic heterocycles. The van der Waals surface area contributed by atoms with Crippen molar-refractivity contribution in [3.63, 3.8) is 0 Å². The molecule has 0 atom stereocenters. The van der Waals surface area contributed by atoms with Gasteiger partial charge in [-0.3, -0.25) is 0 Å². The van der Waals surface area contributed by atoms with Gasteiger partial charge in [-0.2, -0.15) is 0 Å². The normalized spacial score (nSPS) is 10.5. The number of hydrogen-bond acceptors (Lipinski definition) is 0. The van der Waals surface area contributed by atoms with Gasteiger partial charge in [0.25, 0.3) is 0 Å². The summed E-state index contributed by atoms with van der Waals surface area (Å²) in [5.41, 5.74) is 0.375. The van der Waals surface area contributed by atoms with E-state index in [1.54, 1.807) is 0 Å². The van der Waals surface area contributed by atoms with Gasteiger partial charge >= 0.3 is 0 Å². The molecule has 0 saturated carbocycles. The average molecular weight is 95.6 g/mol. The summed E-state index contributed by atoms with van der Waals surface area (Å²) >= 11 is 4.94. The third-order valence-corrected chi connectivity index (χ3v) is 0.694. The van der Waals surface area contributed by atoms with Gasteiger partial charge in [-0.15, -0.1) is 11.6 Å². The Hall–Kier alpha value is 0.467. The van der Waals surface area contributed by atoms with E-state index in [2.05, 4.69) is 0 Å². The fraction of sp³-hybridized carbons (Fsp3) is 1.00. The van der Waals surface area contributed by atoms with Gasteiger partial charge in [-0.05, 0) is 0 Å². The minimum atomic E-state index is -1.06. The Kier molecular flexibility index (Phi) is 3.87. The first kappa shape index (κ1) is 4.47. The zero-order valence-corrected chi connectivity index (χ0v) is 4.37. The van der Waals surface area contributed by atoms with Crippen molar-refractivity contribution in [2.75, 3.05) is 5.50 Å². The molecular formula is CH4ClOSi. The van der Waals surface area contributed by atoms with E-state index in [1.807, 2.05) is 0 Å². The lowest BCUT2D eigenvalue weighted by atomic mass is 11.9. The van der Waals surface area contributed by atoms with Crippen LogP contribution < -0.4 is 0 Å². The smallest absolute Gasteiger partial charge is 0.221 e. The van der Waals surface area contributed by atoms with E-state index in [-0.39, 0.29) is 0 Å². The Morgan fingerprint density at radius 3 is 2.25 bits per heavy atom. The number of halogens is 1. The molecule has 4 heavy (non-hydrogen) atoms. The van der Waals surface area contributed by atoms with Gasteiger partial charge in [-0.25, -0.2) is 0 Å². The van der Waals surface area contributed by atoms with Crippen molar-refractivity contribution in [2.24, 2.45) is 0 Å². The van der Waals surface area contributed by atoms with Gasteiger partial charge in [0, 0.05) is 5.50 Å². The summed E-state index contributed by atoms with van der Waals surface area (Å²) in [5, 5.41) is 0. The predicted molar refractivity (Wildman–Crippen MR) is 20.0 cm³/mol. The molecule has 3 heteroatoms. The Morgan fingerprint density at radius 1 is 2.00 bits per heavy atom. The molecule has 0 amide bonds. The number of rotatable bonds is 1. The van der Waals surface area contributed by atoms with Crippen LogP contribution in [0.4, 0.5) is 0 Å². The van der Waals surface area contributed by atoms with Crippen LogP contribution in [0.15, 0.2) is 0 Å². The van der Waals surface area contributed by atoms with Crippen LogP contribution in [0.3, 0.4) is 0 Å². The van der Waals surface area contributed by atoms with Crippen LogP contribution in [0.2, 0.25) is 0 Å². The van der Waals surface area contributed by atoms with Gasteiger partial charge in [0.05, 0.1) is 0 Å². The van der Waals surface area contributed by atoms with Gasteiger partial charge in [0.2, 0.25) is 9.76 Å². The van der Waals surface area contributed by atoms with E-state index in [9.17, 15) is 4.80 Å². The van der Waals surface area contributed by atoms with Crippen molar-refractivity contribution in [2.45, 2.75) is 0 Å². The minimum absolute atomic E-state index is 0.375. The summed E-state index contributed by atoms with van der Waals surface area (Å²) in [7, 11) is -1.06. The molecular weight excluding hydrogens is 91.5 g/mol. The van der Waals surface area contributed by atoms with Crippen molar-refractivity contribution in [1.82, 2.24) is 0 Å². The highest BCUT2D eigenvalue weighted by atomic mass is 35.5. The van der Waals surface area contributed by atoms with E-state index in [4.69, 9.17) is 11.6 Å². The molecule has 0 saturated heterocycles. The zero-order valence-electron chi connectivity index (χ0n) is 2.20. The molecule has 0 aliphatic rings. The lowest BCUT2D eigenvalue weighted by Crippen LogP contribution is -1.81. The van der Waals surface area contributed by atoms with Crippen molar-refractivity contribution in [3.8, 4) is 0 Å². The molecule has 0 aromatic carbocycles. The Labute approximate surface area is 32.5 Å². The van der Waals surface area contributed by atoms with E-state index < -0.39 is 9.76 Å². The van der Waals surface area contributed by atoms with Crippen LogP contribution in [-0.4, -0.2) is 15.3 Å². The van der Waals surface area contributed by atoms with Crippen LogP contribution in [0.1, 0.15) is 0 Å². The molecule has 1 radical (unpaired) electrons. The Balaban J connectivity index is 1.97. The summed E-state index contributed by atoms with van der Waals surface area (Å²) in [6, 6.07) is 0. The molecule has 0 heterocycles. The first-order chi connectivity index (χ1) is 1.91. The lowest BCUT2D eigenvalue weighted by Gasteiger charge is -1.60. The summed E-state index contributed by atoms with van der Waals surface area (Å²) in [6.07, 6.45) is 0. The van der Waals surface area contributed by atoms with Crippen LogP contribution >= 0.6 is 11.6 Å². The summed E-state index contributed by atoms with van der Waals surface area (Å²) in [5.74, 6) is 0. The molecule has 1 nitrogen and oxygen atoms in total. The molecule has 0 aromatic rings. The lowest BCUT2D eigenvalue weighted by molar-refractivity contribution is 0.478. The molecule has 0 aliphatic carbocycles. The Morgan fingerprint density at radius 2 is 2.25 bits per heavy atom. The van der Waals surface area contributed by atoms with Crippen LogP contribution in [0.5, 0.6) is 0 Å². The molecule has 0 aromatic heterocycles. The maximum absolute atomic E-state index is 9.31. The van der Waals surface area contributed by atoms with Crippen LogP contribution in [0, 0.1) is 0 Å². The minimum Gasteiger partial charge on any atom is -0.305 e. The standard InChI is InChI=1S/CH4ClOSi/c2-1-4-3/h1,4H2. The highest BCUT2D eigenvalue weighted by molar-refractivity contribution is 6.44. The van der Waals surface area contributed by atoms with Crippen LogP contribution in [0.25, 0.3) is 0 Å². The molecule has 0 bridgehead atoms. The van der Waals surface area contributed by atoms with E-state index in [1.165, 1.54) is 0 Å². The number of alkyl halides is 1. The second kappa shape index (κ2) is 3.47. The van der Waals surface area contributed by atoms with E-state index in [0.717, 1.165) is 0 Å². The van der Waals surface area contributed by atoms with Gasteiger partial charge in [0.1, 0.15) is 0 Å². The molecule has 0 fully saturated rings. The molecule has 0 unspecified atom stereocenters. The van der Waals surface area contributed by atoms with Crippen LogP contribution in [-0.2, 0) is 4.80 Å². The SMILES string of the molecule is [O][SiH2]CCl. The predicted octanol–water partition coefficient (Wildman–Crippen LogP) is -0.303. The zero-order chi connectivity index (χ0) is 3.41. The van der Waals surface area contributed by atoms with E-state index in [0.29, 0.717) is 5.50 Å². The number of hydrogen-bond donors (Lipinski definition) is 0. The second-order valence-electron chi connectivity index (χ2n) is 0.393. The molecule has 0 N–H and O–H groups in total. The fourth-order valence-corrected chi connectivity index (χ4v) is 0. The largest absolute Gasteiger partial charge is 0.305 e. The first-order valence-corrected chi connectivity index (χ1v) is 3.17. The quantitative estimate of drug-likeness (QED) is 0.315. The van der Waals surface area contributed by atoms with Crippen molar-refractivity contribution in [3.05, 3.63) is 0 Å². The summed E-state index contributed by atoms with van der Waals surface area (Å²) in [4.78, 5) is 9.31. The van der Waals surface area contributed by atoms with Crippen molar-refractivity contribution < 1.29 is 4.80 Å². The maximum atomic E-state index is 9.31. The first-order valence-electron chi connectivity index (χ1n) is 1.06. The summed E-state index contributed by atoms with van der Waals surface area (Å²) in [6.45, 7) is 0. The monoisotopic (exact) mass is 95.0 g/mol. The average Bonchev–Trinajstić information content (AvgIpc) is 1.37. The fourth-order valence-electron chi connectivity index (χ4n) is 0. The van der Waals surface area contributed by atoms with Gasteiger partial charge in [-0.1, -0.05) is 0 Å². The topological polar surface area (TPSA) is 19.9 Å². The summed E-state index contributed by atoms with van der Waals surface area (Å²) < 4.78 is 0. The third kappa shape index (κ3) is 2.47. The molecule has 0 rings (SSSR count). The van der Waals surface area contributed by atoms with Crippen molar-refractivity contribution >= 4 is 21.4 Å². The van der Waals surface area contributed by atoms with Gasteiger partial charge in [0.15, 0.2) is 0 Å². The highest BCUT2D eigenvalue weighted by Gasteiger charge is 1.67. The van der Waals surface area contributed by atoms with Crippen molar-refractivity contribution in [1.29, 1.82) is 0 Å². The van der Waals surface area contributed by atoms with E-state index >= 15 is 0 Å². The second-order valence-corrected chi connectivity index (χ2v) is 2.31. The third-order valence-electron chi connectivity index (χ3n) is 0.0772. The molecule has 0 spiro atoms. The Bertz CT molecular complexity index is 10.0. The molecule has 25 valence electrons. The maximum Gasteiger partial charge on any atom is 0.221 e. The van der Waals surface area contributed by atoms with Gasteiger partial charge < -0.3 is 4.80 Å².